The molecule has 6 nitrogen and oxygen atoms in total. The number of piperidine rings is 1. The number of ether oxygens (including phenoxy) is 1. The van der Waals surface area contributed by atoms with Crippen LogP contribution in [0.5, 0.6) is 5.75 Å². The average Bonchev–Trinajstić information content (AvgIpc) is 3.33. The Balaban J connectivity index is 1.30. The standard InChI is InChI=1S/C20H19BrFN3O3/c21-14-11-23-25(12-14)13-18-5-6-19(28-18)20(26)24-9-7-17(8-10-24)27-16-3-1-15(22)2-4-16/h1-6,11-12,17H,7-10,13H2. The molecule has 0 saturated carbocycles. The predicted octanol–water partition coefficient (Wildman–Crippen LogP) is 4.11. The van der Waals surface area contributed by atoms with Crippen LogP contribution in [0.2, 0.25) is 0 Å². The third-order valence-corrected chi connectivity index (χ3v) is 5.05. The number of benzene rings is 1. The highest BCUT2D eigenvalue weighted by Crippen LogP contribution is 2.21. The maximum Gasteiger partial charge on any atom is 0.289 e. The average molecular weight is 448 g/mol. The number of aromatic nitrogens is 2. The Bertz CT molecular complexity index is 946. The second-order valence-corrected chi connectivity index (χ2v) is 7.60. The van der Waals surface area contributed by atoms with Crippen LogP contribution in [0.15, 0.2) is 57.7 Å². The number of likely N-dealkylation sites (tertiary alicyclic amines) is 1. The Morgan fingerprint density at radius 3 is 2.64 bits per heavy atom. The van der Waals surface area contributed by atoms with Crippen molar-refractivity contribution < 1.29 is 18.3 Å². The summed E-state index contributed by atoms with van der Waals surface area (Å²) in [5.74, 6) is 1.25. The first-order chi connectivity index (χ1) is 13.6. The van der Waals surface area contributed by atoms with Crippen molar-refractivity contribution in [3.8, 4) is 5.75 Å². The van der Waals surface area contributed by atoms with Crippen molar-refractivity contribution in [2.24, 2.45) is 0 Å². The van der Waals surface area contributed by atoms with E-state index in [2.05, 4.69) is 21.0 Å². The summed E-state index contributed by atoms with van der Waals surface area (Å²) in [7, 11) is 0. The zero-order valence-electron chi connectivity index (χ0n) is 15.1. The maximum absolute atomic E-state index is 13.0. The lowest BCUT2D eigenvalue weighted by Gasteiger charge is -2.31. The van der Waals surface area contributed by atoms with E-state index in [-0.39, 0.29) is 17.8 Å². The lowest BCUT2D eigenvalue weighted by atomic mass is 10.1. The summed E-state index contributed by atoms with van der Waals surface area (Å²) in [6, 6.07) is 9.50. The molecule has 0 bridgehead atoms. The van der Waals surface area contributed by atoms with E-state index >= 15 is 0 Å². The molecule has 4 rings (SSSR count). The predicted molar refractivity (Wildman–Crippen MR) is 104 cm³/mol. The smallest absolute Gasteiger partial charge is 0.289 e. The van der Waals surface area contributed by atoms with Gasteiger partial charge in [-0.1, -0.05) is 0 Å². The number of halogens is 2. The molecule has 0 spiro atoms. The molecule has 0 atom stereocenters. The van der Waals surface area contributed by atoms with Crippen LogP contribution in [0.1, 0.15) is 29.2 Å². The van der Waals surface area contributed by atoms with Crippen LogP contribution in [0, 0.1) is 5.82 Å². The molecule has 0 N–H and O–H groups in total. The Labute approximate surface area is 170 Å². The third kappa shape index (κ3) is 4.44. The number of furan rings is 1. The molecule has 1 saturated heterocycles. The van der Waals surface area contributed by atoms with Gasteiger partial charge in [-0.2, -0.15) is 5.10 Å². The van der Waals surface area contributed by atoms with E-state index in [1.54, 1.807) is 40.0 Å². The number of rotatable bonds is 5. The van der Waals surface area contributed by atoms with Gasteiger partial charge in [0.15, 0.2) is 5.76 Å². The van der Waals surface area contributed by atoms with Gasteiger partial charge < -0.3 is 14.1 Å². The number of carbonyl (C=O) groups excluding carboxylic acids is 1. The maximum atomic E-state index is 13.0. The molecule has 0 radical (unpaired) electrons. The van der Waals surface area contributed by atoms with Crippen LogP contribution in [-0.4, -0.2) is 39.8 Å². The number of amides is 1. The van der Waals surface area contributed by atoms with Crippen molar-refractivity contribution in [1.29, 1.82) is 0 Å². The quantitative estimate of drug-likeness (QED) is 0.590. The molecular formula is C20H19BrFN3O3. The fourth-order valence-corrected chi connectivity index (χ4v) is 3.53. The van der Waals surface area contributed by atoms with E-state index in [4.69, 9.17) is 9.15 Å². The highest BCUT2D eigenvalue weighted by atomic mass is 79.9. The van der Waals surface area contributed by atoms with Gasteiger partial charge in [-0.3, -0.25) is 9.48 Å². The van der Waals surface area contributed by atoms with Gasteiger partial charge in [0.25, 0.3) is 5.91 Å². The minimum atomic E-state index is -0.286. The minimum absolute atomic E-state index is 0.0138. The van der Waals surface area contributed by atoms with Crippen molar-refractivity contribution >= 4 is 21.8 Å². The first-order valence-corrected chi connectivity index (χ1v) is 9.84. The van der Waals surface area contributed by atoms with Crippen molar-refractivity contribution in [2.45, 2.75) is 25.5 Å². The fraction of sp³-hybridized carbons (Fsp3) is 0.300. The molecule has 1 aromatic carbocycles. The van der Waals surface area contributed by atoms with Crippen LogP contribution >= 0.6 is 15.9 Å². The van der Waals surface area contributed by atoms with E-state index < -0.39 is 0 Å². The van der Waals surface area contributed by atoms with Crippen LogP contribution in [0.4, 0.5) is 4.39 Å². The summed E-state index contributed by atoms with van der Waals surface area (Å²) in [6.45, 7) is 1.64. The molecule has 1 aliphatic rings. The number of hydrogen-bond acceptors (Lipinski definition) is 4. The summed E-state index contributed by atoms with van der Waals surface area (Å²) < 4.78 is 27.2. The second-order valence-electron chi connectivity index (χ2n) is 6.69. The monoisotopic (exact) mass is 447 g/mol. The second kappa shape index (κ2) is 8.18. The number of hydrogen-bond donors (Lipinski definition) is 0. The van der Waals surface area contributed by atoms with E-state index in [1.165, 1.54) is 12.1 Å². The van der Waals surface area contributed by atoms with Gasteiger partial charge in [0.1, 0.15) is 23.4 Å². The summed E-state index contributed by atoms with van der Waals surface area (Å²) in [5.41, 5.74) is 0. The Hall–Kier alpha value is -2.61. The fourth-order valence-electron chi connectivity index (χ4n) is 3.20. The summed E-state index contributed by atoms with van der Waals surface area (Å²) >= 11 is 3.35. The van der Waals surface area contributed by atoms with Gasteiger partial charge in [0.2, 0.25) is 0 Å². The van der Waals surface area contributed by atoms with Crippen LogP contribution in [-0.2, 0) is 6.54 Å². The molecule has 28 heavy (non-hydrogen) atoms. The zero-order valence-corrected chi connectivity index (χ0v) is 16.6. The Morgan fingerprint density at radius 2 is 1.96 bits per heavy atom. The highest BCUT2D eigenvalue weighted by molar-refractivity contribution is 9.10. The lowest BCUT2D eigenvalue weighted by molar-refractivity contribution is 0.0564. The lowest BCUT2D eigenvalue weighted by Crippen LogP contribution is -2.41. The first kappa shape index (κ1) is 18.7. The van der Waals surface area contributed by atoms with Crippen molar-refractivity contribution in [1.82, 2.24) is 14.7 Å². The Kier molecular flexibility index (Phi) is 5.47. The van der Waals surface area contributed by atoms with Gasteiger partial charge in [-0.25, -0.2) is 4.39 Å². The van der Waals surface area contributed by atoms with Crippen LogP contribution in [0.25, 0.3) is 0 Å². The van der Waals surface area contributed by atoms with Crippen LogP contribution < -0.4 is 4.74 Å². The molecule has 1 aliphatic heterocycles. The summed E-state index contributed by atoms with van der Waals surface area (Å²) in [6.07, 6.45) is 5.00. The molecule has 2 aromatic heterocycles. The summed E-state index contributed by atoms with van der Waals surface area (Å²) in [4.78, 5) is 14.5. The molecule has 3 aromatic rings. The van der Waals surface area contributed by atoms with Crippen molar-refractivity contribution in [2.75, 3.05) is 13.1 Å². The molecular weight excluding hydrogens is 429 g/mol. The van der Waals surface area contributed by atoms with Gasteiger partial charge >= 0.3 is 0 Å². The normalized spacial score (nSPS) is 15.0. The molecule has 0 unspecified atom stereocenters. The minimum Gasteiger partial charge on any atom is -0.490 e. The van der Waals surface area contributed by atoms with Crippen LogP contribution in [0.3, 0.4) is 0 Å². The van der Waals surface area contributed by atoms with Gasteiger partial charge in [0, 0.05) is 32.1 Å². The van der Waals surface area contributed by atoms with Gasteiger partial charge in [-0.05, 0) is 52.3 Å². The van der Waals surface area contributed by atoms with E-state index in [0.717, 1.165) is 17.3 Å². The molecule has 1 fully saturated rings. The van der Waals surface area contributed by atoms with Gasteiger partial charge in [-0.15, -0.1) is 0 Å². The number of carbonyl (C=O) groups is 1. The zero-order chi connectivity index (χ0) is 19.5. The largest absolute Gasteiger partial charge is 0.490 e. The molecule has 146 valence electrons. The number of nitrogens with zero attached hydrogens (tertiary/aromatic N) is 3. The molecule has 3 heterocycles. The van der Waals surface area contributed by atoms with E-state index in [0.29, 0.717) is 36.9 Å². The SMILES string of the molecule is O=C(c1ccc(Cn2cc(Br)cn2)o1)N1CCC(Oc2ccc(F)cc2)CC1. The highest BCUT2D eigenvalue weighted by Gasteiger charge is 2.26. The van der Waals surface area contributed by atoms with E-state index in [9.17, 15) is 9.18 Å². The third-order valence-electron chi connectivity index (χ3n) is 4.64. The van der Waals surface area contributed by atoms with E-state index in [1.807, 2.05) is 6.20 Å². The molecule has 1 amide bonds. The van der Waals surface area contributed by atoms with Crippen molar-refractivity contribution in [3.63, 3.8) is 0 Å². The van der Waals surface area contributed by atoms with Gasteiger partial charge in [0.05, 0.1) is 17.2 Å². The summed E-state index contributed by atoms with van der Waals surface area (Å²) in [5, 5.41) is 4.18. The molecule has 8 heteroatoms. The topological polar surface area (TPSA) is 60.5 Å². The van der Waals surface area contributed by atoms with Crippen molar-refractivity contribution in [3.05, 3.63) is 70.6 Å². The molecule has 0 aliphatic carbocycles. The Morgan fingerprint density at radius 1 is 1.21 bits per heavy atom. The first-order valence-electron chi connectivity index (χ1n) is 9.05.